The number of methoxy groups -OCH3 is 1. The third-order valence-corrected chi connectivity index (χ3v) is 9.33. The van der Waals surface area contributed by atoms with Gasteiger partial charge in [-0.15, -0.1) is 0 Å². The minimum absolute atomic E-state index is 0.0278. The molecule has 0 bridgehead atoms. The van der Waals surface area contributed by atoms with Gasteiger partial charge in [-0.1, -0.05) is 13.3 Å². The summed E-state index contributed by atoms with van der Waals surface area (Å²) in [5.74, 6) is 0.610. The monoisotopic (exact) mass is 380 g/mol. The third-order valence-electron chi connectivity index (χ3n) is 9.33. The fraction of sp³-hybridized carbons (Fsp3) is 0.952. The SMILES string of the molecule is COC(=O)C1(C)CCCC2(C)C1CCC13OC1C1(C(C)(C)OO)OC1CC23. The first-order valence-electron chi connectivity index (χ1n) is 10.4. The van der Waals surface area contributed by atoms with E-state index in [0.29, 0.717) is 11.8 Å². The van der Waals surface area contributed by atoms with Crippen LogP contribution in [0.15, 0.2) is 0 Å². The number of carbonyl (C=O) groups is 1. The van der Waals surface area contributed by atoms with Crippen LogP contribution in [0.3, 0.4) is 0 Å². The summed E-state index contributed by atoms with van der Waals surface area (Å²) in [6.07, 6.45) is 5.90. The molecule has 5 aliphatic rings. The van der Waals surface area contributed by atoms with Gasteiger partial charge < -0.3 is 14.2 Å². The topological polar surface area (TPSA) is 80.8 Å². The molecule has 27 heavy (non-hydrogen) atoms. The molecular formula is C21H32O6. The molecule has 5 fully saturated rings. The summed E-state index contributed by atoms with van der Waals surface area (Å²) >= 11 is 0. The number of hydrogen-bond donors (Lipinski definition) is 1. The van der Waals surface area contributed by atoms with Gasteiger partial charge in [-0.3, -0.25) is 10.1 Å². The summed E-state index contributed by atoms with van der Waals surface area (Å²) in [4.78, 5) is 17.5. The smallest absolute Gasteiger partial charge is 0.311 e. The molecule has 0 aromatic heterocycles. The lowest BCUT2D eigenvalue weighted by atomic mass is 9.43. The molecule has 6 heteroatoms. The Bertz CT molecular complexity index is 692. The number of rotatable bonds is 3. The minimum atomic E-state index is -0.790. The van der Waals surface area contributed by atoms with E-state index in [9.17, 15) is 10.1 Å². The lowest BCUT2D eigenvalue weighted by Crippen LogP contribution is -2.62. The molecule has 5 rings (SSSR count). The van der Waals surface area contributed by atoms with Crippen molar-refractivity contribution in [2.75, 3.05) is 7.11 Å². The summed E-state index contributed by atoms with van der Waals surface area (Å²) in [6, 6.07) is 0. The summed E-state index contributed by atoms with van der Waals surface area (Å²) in [5.41, 5.74) is -1.90. The number of carbonyl (C=O) groups excluding carboxylic acids is 1. The average Bonchev–Trinajstić information content (AvgIpc) is 3.51. The highest BCUT2D eigenvalue weighted by atomic mass is 17.1. The second-order valence-corrected chi connectivity index (χ2v) is 10.6. The largest absolute Gasteiger partial charge is 0.469 e. The highest BCUT2D eigenvalue weighted by molar-refractivity contribution is 5.77. The van der Waals surface area contributed by atoms with Crippen molar-refractivity contribution in [3.63, 3.8) is 0 Å². The molecule has 0 amide bonds. The third kappa shape index (κ3) is 1.89. The van der Waals surface area contributed by atoms with Gasteiger partial charge in [0.1, 0.15) is 17.3 Å². The molecule has 2 heterocycles. The van der Waals surface area contributed by atoms with Crippen LogP contribution in [-0.2, 0) is 23.9 Å². The number of esters is 1. The van der Waals surface area contributed by atoms with Gasteiger partial charge in [0.2, 0.25) is 0 Å². The van der Waals surface area contributed by atoms with E-state index in [2.05, 4.69) is 13.8 Å². The standard InChI is InChI=1S/C21H32O6/c1-17(2,27-23)21-14(25-21)11-13-18(3)8-6-9-19(4,16(22)24-5)12(18)7-10-20(13)15(21)26-20/h12-15,23H,6-11H2,1-5H3. The minimum Gasteiger partial charge on any atom is -0.469 e. The van der Waals surface area contributed by atoms with Gasteiger partial charge in [-0.2, -0.15) is 0 Å². The van der Waals surface area contributed by atoms with E-state index in [1.807, 2.05) is 13.8 Å². The summed E-state index contributed by atoms with van der Waals surface area (Å²) < 4.78 is 17.9. The molecule has 0 aromatic carbocycles. The Balaban J connectivity index is 1.50. The molecule has 2 aliphatic heterocycles. The van der Waals surface area contributed by atoms with Gasteiger partial charge in [-0.25, -0.2) is 4.89 Å². The lowest BCUT2D eigenvalue weighted by Gasteiger charge is -2.59. The van der Waals surface area contributed by atoms with Crippen LogP contribution in [-0.4, -0.2) is 47.3 Å². The van der Waals surface area contributed by atoms with Crippen LogP contribution in [0.4, 0.5) is 0 Å². The van der Waals surface area contributed by atoms with E-state index in [1.54, 1.807) is 0 Å². The molecule has 0 aromatic rings. The first-order chi connectivity index (χ1) is 12.6. The number of epoxide rings is 2. The van der Waals surface area contributed by atoms with Gasteiger partial charge in [-0.05, 0) is 70.1 Å². The molecular weight excluding hydrogens is 348 g/mol. The normalized spacial score (nSPS) is 55.5. The zero-order valence-corrected chi connectivity index (χ0v) is 17.0. The first kappa shape index (κ1) is 18.3. The Hall–Kier alpha value is -0.690. The molecule has 8 unspecified atom stereocenters. The Labute approximate surface area is 160 Å². The van der Waals surface area contributed by atoms with Crippen molar-refractivity contribution >= 4 is 5.97 Å². The van der Waals surface area contributed by atoms with Gasteiger partial charge in [0, 0.05) is 0 Å². The van der Waals surface area contributed by atoms with Gasteiger partial charge in [0.05, 0.1) is 18.6 Å². The van der Waals surface area contributed by atoms with E-state index >= 15 is 0 Å². The summed E-state index contributed by atoms with van der Waals surface area (Å²) in [7, 11) is 1.51. The van der Waals surface area contributed by atoms with Crippen molar-refractivity contribution < 1.29 is 29.1 Å². The van der Waals surface area contributed by atoms with Crippen LogP contribution < -0.4 is 0 Å². The maximum atomic E-state index is 12.7. The van der Waals surface area contributed by atoms with Crippen molar-refractivity contribution in [2.45, 2.75) is 95.2 Å². The molecule has 152 valence electrons. The van der Waals surface area contributed by atoms with Crippen LogP contribution in [0.2, 0.25) is 0 Å². The van der Waals surface area contributed by atoms with E-state index in [1.165, 1.54) is 7.11 Å². The lowest BCUT2D eigenvalue weighted by molar-refractivity contribution is -0.330. The molecule has 8 atom stereocenters. The molecule has 2 saturated heterocycles. The van der Waals surface area contributed by atoms with Crippen LogP contribution in [0.5, 0.6) is 0 Å². The van der Waals surface area contributed by atoms with Crippen LogP contribution in [0.25, 0.3) is 0 Å². The molecule has 6 nitrogen and oxygen atoms in total. The van der Waals surface area contributed by atoms with E-state index in [0.717, 1.165) is 38.5 Å². The van der Waals surface area contributed by atoms with Crippen molar-refractivity contribution in [3.05, 3.63) is 0 Å². The zero-order valence-electron chi connectivity index (χ0n) is 17.0. The predicted octanol–water partition coefficient (Wildman–Crippen LogP) is 3.33. The maximum Gasteiger partial charge on any atom is 0.311 e. The highest BCUT2D eigenvalue weighted by Gasteiger charge is 2.88. The van der Waals surface area contributed by atoms with Crippen LogP contribution in [0, 0.1) is 22.7 Å². The fourth-order valence-corrected chi connectivity index (χ4v) is 7.90. The van der Waals surface area contributed by atoms with E-state index in [-0.39, 0.29) is 29.2 Å². The van der Waals surface area contributed by atoms with Crippen LogP contribution >= 0.6 is 0 Å². The van der Waals surface area contributed by atoms with Crippen molar-refractivity contribution in [1.29, 1.82) is 0 Å². The summed E-state index contributed by atoms with van der Waals surface area (Å²) in [6.45, 7) is 8.23. The molecule has 0 radical (unpaired) electrons. The van der Waals surface area contributed by atoms with E-state index in [4.69, 9.17) is 19.1 Å². The highest BCUT2D eigenvalue weighted by Crippen LogP contribution is 2.77. The Morgan fingerprint density at radius 3 is 2.56 bits per heavy atom. The number of fused-ring (bicyclic) bond motifs is 4. The van der Waals surface area contributed by atoms with Gasteiger partial charge in [0.25, 0.3) is 0 Å². The van der Waals surface area contributed by atoms with Crippen molar-refractivity contribution in [1.82, 2.24) is 0 Å². The Morgan fingerprint density at radius 2 is 1.89 bits per heavy atom. The summed E-state index contributed by atoms with van der Waals surface area (Å²) in [5, 5.41) is 9.48. The molecule has 3 aliphatic carbocycles. The number of hydrogen-bond acceptors (Lipinski definition) is 6. The zero-order chi connectivity index (χ0) is 19.5. The number of ether oxygens (including phenoxy) is 3. The molecule has 1 spiro atoms. The van der Waals surface area contributed by atoms with Gasteiger partial charge in [0.15, 0.2) is 5.60 Å². The second kappa shape index (κ2) is 5.07. The van der Waals surface area contributed by atoms with E-state index < -0.39 is 16.6 Å². The Morgan fingerprint density at radius 1 is 1.15 bits per heavy atom. The van der Waals surface area contributed by atoms with Gasteiger partial charge >= 0.3 is 5.97 Å². The molecule has 1 N–H and O–H groups in total. The maximum absolute atomic E-state index is 12.7. The fourth-order valence-electron chi connectivity index (χ4n) is 7.90. The van der Waals surface area contributed by atoms with Crippen molar-refractivity contribution in [3.8, 4) is 0 Å². The van der Waals surface area contributed by atoms with Crippen LogP contribution in [0.1, 0.15) is 66.2 Å². The second-order valence-electron chi connectivity index (χ2n) is 10.6. The average molecular weight is 380 g/mol. The van der Waals surface area contributed by atoms with Crippen molar-refractivity contribution in [2.24, 2.45) is 22.7 Å². The molecule has 3 saturated carbocycles. The quantitative estimate of drug-likeness (QED) is 0.350. The predicted molar refractivity (Wildman–Crippen MR) is 95.9 cm³/mol. The first-order valence-corrected chi connectivity index (χ1v) is 10.4. The Kier molecular flexibility index (Phi) is 3.45.